The molecule has 3 atom stereocenters. The molecule has 0 spiro atoms. The summed E-state index contributed by atoms with van der Waals surface area (Å²) in [5.74, 6) is 1.43. The van der Waals surface area contributed by atoms with Crippen LogP contribution in [0, 0.1) is 11.8 Å². The SMILES string of the molecule is CN1C[C@@H]2C[C@H](N(C)C(=O)CCc3ccc(Cl)cc3)C[C@@H]2CC1=O. The number of amides is 2. The lowest BCUT2D eigenvalue weighted by Gasteiger charge is -2.31. The van der Waals surface area contributed by atoms with Crippen molar-refractivity contribution in [2.24, 2.45) is 11.8 Å². The summed E-state index contributed by atoms with van der Waals surface area (Å²) in [7, 11) is 3.80. The Bertz CT molecular complexity index is 616. The molecular formula is C19H25ClN2O2. The van der Waals surface area contributed by atoms with Gasteiger partial charge in [0.1, 0.15) is 0 Å². The van der Waals surface area contributed by atoms with E-state index in [-0.39, 0.29) is 17.9 Å². The smallest absolute Gasteiger partial charge is 0.222 e. The molecule has 0 unspecified atom stereocenters. The fourth-order valence-electron chi connectivity index (χ4n) is 4.09. The number of carbonyl (C=O) groups is 2. The largest absolute Gasteiger partial charge is 0.345 e. The van der Waals surface area contributed by atoms with E-state index in [1.54, 1.807) is 0 Å². The molecule has 130 valence electrons. The molecule has 0 aromatic heterocycles. The van der Waals surface area contributed by atoms with Gasteiger partial charge >= 0.3 is 0 Å². The first-order valence-corrected chi connectivity index (χ1v) is 9.06. The number of likely N-dealkylation sites (tertiary alicyclic amines) is 1. The van der Waals surface area contributed by atoms with E-state index in [1.807, 2.05) is 48.2 Å². The van der Waals surface area contributed by atoms with E-state index in [9.17, 15) is 9.59 Å². The predicted octanol–water partition coefficient (Wildman–Crippen LogP) is 2.99. The fourth-order valence-corrected chi connectivity index (χ4v) is 4.21. The Balaban J connectivity index is 1.52. The molecule has 1 saturated heterocycles. The summed E-state index contributed by atoms with van der Waals surface area (Å²) in [6.45, 7) is 0.840. The number of benzene rings is 1. The Hall–Kier alpha value is -1.55. The Morgan fingerprint density at radius 1 is 1.25 bits per heavy atom. The number of nitrogens with zero attached hydrogens (tertiary/aromatic N) is 2. The lowest BCUT2D eigenvalue weighted by atomic mass is 9.88. The standard InChI is InChI=1S/C19H25ClN2O2/c1-21-12-15-10-17(9-14(15)11-19(21)24)22(2)18(23)8-5-13-3-6-16(20)7-4-13/h3-4,6-7,14-15,17H,5,8-12H2,1-2H3/t14-,15+,17-/m1/s1. The van der Waals surface area contributed by atoms with E-state index in [1.165, 1.54) is 0 Å². The topological polar surface area (TPSA) is 40.6 Å². The second-order valence-corrected chi connectivity index (χ2v) is 7.69. The minimum absolute atomic E-state index is 0.188. The molecule has 1 aliphatic carbocycles. The van der Waals surface area contributed by atoms with Crippen molar-refractivity contribution in [3.63, 3.8) is 0 Å². The molecule has 5 heteroatoms. The third-order valence-electron chi connectivity index (χ3n) is 5.67. The van der Waals surface area contributed by atoms with Crippen LogP contribution in [0.3, 0.4) is 0 Å². The van der Waals surface area contributed by atoms with Gasteiger partial charge in [0.25, 0.3) is 0 Å². The van der Waals surface area contributed by atoms with E-state index in [0.29, 0.717) is 24.7 Å². The van der Waals surface area contributed by atoms with Crippen molar-refractivity contribution in [3.05, 3.63) is 34.9 Å². The average molecular weight is 349 g/mol. The highest BCUT2D eigenvalue weighted by Crippen LogP contribution is 2.40. The zero-order valence-corrected chi connectivity index (χ0v) is 15.1. The molecule has 0 N–H and O–H groups in total. The Morgan fingerprint density at radius 2 is 1.92 bits per heavy atom. The number of rotatable bonds is 4. The van der Waals surface area contributed by atoms with Gasteiger partial charge in [-0.1, -0.05) is 23.7 Å². The van der Waals surface area contributed by atoms with Gasteiger partial charge in [-0.2, -0.15) is 0 Å². The number of fused-ring (bicyclic) bond motifs is 1. The summed E-state index contributed by atoms with van der Waals surface area (Å²) in [4.78, 5) is 28.1. The van der Waals surface area contributed by atoms with E-state index in [2.05, 4.69) is 0 Å². The molecule has 1 aromatic carbocycles. The number of carbonyl (C=O) groups excluding carboxylic acids is 2. The second kappa shape index (κ2) is 7.14. The summed E-state index contributed by atoms with van der Waals surface area (Å²) >= 11 is 5.89. The summed E-state index contributed by atoms with van der Waals surface area (Å²) in [6, 6.07) is 7.94. The van der Waals surface area contributed by atoms with Crippen LogP contribution in [0.5, 0.6) is 0 Å². The van der Waals surface area contributed by atoms with Gasteiger partial charge in [0, 0.05) is 44.5 Å². The van der Waals surface area contributed by atoms with E-state index in [0.717, 1.165) is 36.4 Å². The minimum atomic E-state index is 0.188. The van der Waals surface area contributed by atoms with Crippen molar-refractivity contribution in [3.8, 4) is 0 Å². The van der Waals surface area contributed by atoms with Crippen LogP contribution in [0.15, 0.2) is 24.3 Å². The lowest BCUT2D eigenvalue weighted by molar-refractivity contribution is -0.135. The van der Waals surface area contributed by atoms with Crippen LogP contribution in [0.1, 0.15) is 31.2 Å². The molecule has 24 heavy (non-hydrogen) atoms. The third kappa shape index (κ3) is 3.75. The van der Waals surface area contributed by atoms with E-state index < -0.39 is 0 Å². The van der Waals surface area contributed by atoms with Crippen LogP contribution >= 0.6 is 11.6 Å². The highest BCUT2D eigenvalue weighted by Gasteiger charge is 2.42. The summed E-state index contributed by atoms with van der Waals surface area (Å²) < 4.78 is 0. The average Bonchev–Trinajstić information content (AvgIpc) is 2.96. The number of halogens is 1. The zero-order valence-electron chi connectivity index (χ0n) is 14.4. The van der Waals surface area contributed by atoms with E-state index in [4.69, 9.17) is 11.6 Å². The summed E-state index contributed by atoms with van der Waals surface area (Å²) in [5.41, 5.74) is 1.13. The van der Waals surface area contributed by atoms with Gasteiger partial charge in [-0.25, -0.2) is 0 Å². The van der Waals surface area contributed by atoms with Crippen molar-refractivity contribution >= 4 is 23.4 Å². The predicted molar refractivity (Wildman–Crippen MR) is 94.8 cm³/mol. The fraction of sp³-hybridized carbons (Fsp3) is 0.579. The van der Waals surface area contributed by atoms with Gasteiger partial charge in [-0.15, -0.1) is 0 Å². The van der Waals surface area contributed by atoms with Crippen molar-refractivity contribution < 1.29 is 9.59 Å². The maximum Gasteiger partial charge on any atom is 0.222 e. The molecule has 4 nitrogen and oxygen atoms in total. The molecule has 1 saturated carbocycles. The van der Waals surface area contributed by atoms with Crippen molar-refractivity contribution in [1.82, 2.24) is 9.80 Å². The van der Waals surface area contributed by atoms with Gasteiger partial charge in [0.2, 0.25) is 11.8 Å². The monoisotopic (exact) mass is 348 g/mol. The van der Waals surface area contributed by atoms with Crippen molar-refractivity contribution in [2.75, 3.05) is 20.6 Å². The van der Waals surface area contributed by atoms with Gasteiger partial charge in [-0.05, 0) is 48.8 Å². The molecule has 1 heterocycles. The maximum atomic E-state index is 12.5. The number of hydrogen-bond acceptors (Lipinski definition) is 2. The molecule has 2 fully saturated rings. The van der Waals surface area contributed by atoms with Crippen LogP contribution < -0.4 is 0 Å². The molecule has 0 radical (unpaired) electrons. The van der Waals surface area contributed by atoms with Crippen molar-refractivity contribution in [2.45, 2.75) is 38.1 Å². The number of piperidine rings is 1. The zero-order chi connectivity index (χ0) is 17.3. The van der Waals surface area contributed by atoms with Gasteiger partial charge < -0.3 is 9.80 Å². The molecule has 1 aliphatic heterocycles. The maximum absolute atomic E-state index is 12.5. The molecule has 3 rings (SSSR count). The number of hydrogen-bond donors (Lipinski definition) is 0. The first kappa shape index (κ1) is 17.3. The molecule has 1 aromatic rings. The molecule has 2 aliphatic rings. The Labute approximate surface area is 148 Å². The molecule has 0 bridgehead atoms. The van der Waals surface area contributed by atoms with Crippen LogP contribution in [-0.4, -0.2) is 48.3 Å². The van der Waals surface area contributed by atoms with Crippen LogP contribution in [0.25, 0.3) is 0 Å². The van der Waals surface area contributed by atoms with Crippen LogP contribution in [0.4, 0.5) is 0 Å². The Morgan fingerprint density at radius 3 is 2.62 bits per heavy atom. The van der Waals surface area contributed by atoms with Gasteiger partial charge in [0.05, 0.1) is 0 Å². The van der Waals surface area contributed by atoms with Gasteiger partial charge in [0.15, 0.2) is 0 Å². The lowest BCUT2D eigenvalue weighted by Crippen LogP contribution is -2.39. The van der Waals surface area contributed by atoms with Gasteiger partial charge in [-0.3, -0.25) is 9.59 Å². The van der Waals surface area contributed by atoms with Crippen LogP contribution in [0.2, 0.25) is 5.02 Å². The van der Waals surface area contributed by atoms with E-state index >= 15 is 0 Å². The highest BCUT2D eigenvalue weighted by molar-refractivity contribution is 6.30. The Kier molecular flexibility index (Phi) is 5.14. The third-order valence-corrected chi connectivity index (χ3v) is 5.92. The number of aryl methyl sites for hydroxylation is 1. The quantitative estimate of drug-likeness (QED) is 0.839. The van der Waals surface area contributed by atoms with Crippen LogP contribution in [-0.2, 0) is 16.0 Å². The molecule has 2 amide bonds. The highest BCUT2D eigenvalue weighted by atomic mass is 35.5. The second-order valence-electron chi connectivity index (χ2n) is 7.25. The minimum Gasteiger partial charge on any atom is -0.345 e. The summed E-state index contributed by atoms with van der Waals surface area (Å²) in [5, 5.41) is 0.718. The normalized spacial score (nSPS) is 26.4. The summed E-state index contributed by atoms with van der Waals surface area (Å²) in [6.07, 6.45) is 3.88. The molecular weight excluding hydrogens is 324 g/mol. The first-order valence-electron chi connectivity index (χ1n) is 8.68. The first-order chi connectivity index (χ1) is 11.4. The van der Waals surface area contributed by atoms with Crippen molar-refractivity contribution in [1.29, 1.82) is 0 Å².